The summed E-state index contributed by atoms with van der Waals surface area (Å²) in [5.74, 6) is -1.17. The number of aliphatic carboxylic acids is 1. The predicted octanol–water partition coefficient (Wildman–Crippen LogP) is 1.41. The normalized spacial score (nSPS) is 19.9. The lowest BCUT2D eigenvalue weighted by Gasteiger charge is -2.27. The number of rotatable bonds is 9. The zero-order valence-corrected chi connectivity index (χ0v) is 14.9. The first kappa shape index (κ1) is 20.4. The summed E-state index contributed by atoms with van der Waals surface area (Å²) in [4.78, 5) is 37.1. The van der Waals surface area contributed by atoms with Crippen LogP contribution < -0.4 is 5.32 Å². The van der Waals surface area contributed by atoms with E-state index in [9.17, 15) is 14.4 Å². The number of amides is 1. The van der Waals surface area contributed by atoms with Crippen molar-refractivity contribution < 1.29 is 24.2 Å². The van der Waals surface area contributed by atoms with E-state index in [2.05, 4.69) is 19.2 Å². The summed E-state index contributed by atoms with van der Waals surface area (Å²) >= 11 is 0. The van der Waals surface area contributed by atoms with Gasteiger partial charge in [0.25, 0.3) is 0 Å². The molecule has 7 nitrogen and oxygen atoms in total. The van der Waals surface area contributed by atoms with Crippen molar-refractivity contribution in [2.45, 2.75) is 65.0 Å². The van der Waals surface area contributed by atoms with Crippen LogP contribution in [0.5, 0.6) is 0 Å². The fourth-order valence-electron chi connectivity index (χ4n) is 2.83. The first-order valence-electron chi connectivity index (χ1n) is 8.78. The Kier molecular flexibility index (Phi) is 8.74. The molecule has 2 atom stereocenters. The lowest BCUT2D eigenvalue weighted by atomic mass is 10.0. The van der Waals surface area contributed by atoms with Gasteiger partial charge in [0, 0.05) is 6.54 Å². The monoisotopic (exact) mass is 342 g/mol. The molecule has 0 aliphatic carbocycles. The largest absolute Gasteiger partial charge is 0.480 e. The van der Waals surface area contributed by atoms with Crippen molar-refractivity contribution in [2.75, 3.05) is 19.7 Å². The average Bonchev–Trinajstić information content (AvgIpc) is 2.66. The summed E-state index contributed by atoms with van der Waals surface area (Å²) in [6, 6.07) is -1.07. The van der Waals surface area contributed by atoms with Crippen LogP contribution in [-0.4, -0.2) is 59.6 Å². The number of carboxylic acid groups (broad SMARTS) is 1. The highest BCUT2D eigenvalue weighted by atomic mass is 16.5. The Morgan fingerprint density at radius 3 is 2.62 bits per heavy atom. The van der Waals surface area contributed by atoms with Crippen LogP contribution in [0.4, 0.5) is 0 Å². The molecule has 1 rings (SSSR count). The molecule has 0 aromatic carbocycles. The number of likely N-dealkylation sites (tertiary alicyclic amines) is 1. The van der Waals surface area contributed by atoms with Gasteiger partial charge in [-0.05, 0) is 44.9 Å². The van der Waals surface area contributed by atoms with Crippen LogP contribution >= 0.6 is 0 Å². The highest BCUT2D eigenvalue weighted by Gasteiger charge is 2.32. The van der Waals surface area contributed by atoms with Gasteiger partial charge in [-0.3, -0.25) is 19.7 Å². The molecule has 1 saturated heterocycles. The molecule has 0 aromatic heterocycles. The van der Waals surface area contributed by atoms with E-state index in [1.807, 2.05) is 0 Å². The molecule has 1 unspecified atom stereocenters. The molecule has 1 amide bonds. The molecule has 0 saturated carbocycles. The minimum absolute atomic E-state index is 0.242. The molecule has 1 aliphatic rings. The van der Waals surface area contributed by atoms with Crippen molar-refractivity contribution in [2.24, 2.45) is 5.92 Å². The van der Waals surface area contributed by atoms with E-state index in [0.29, 0.717) is 31.9 Å². The maximum absolute atomic E-state index is 12.6. The summed E-state index contributed by atoms with van der Waals surface area (Å²) in [6.07, 6.45) is 3.63. The van der Waals surface area contributed by atoms with E-state index in [1.165, 1.54) is 4.90 Å². The molecule has 0 radical (unpaired) electrons. The molecule has 138 valence electrons. The number of hydrogen-bond donors (Lipinski definition) is 2. The molecule has 0 bridgehead atoms. The third-order valence-electron chi connectivity index (χ3n) is 4.11. The zero-order chi connectivity index (χ0) is 18.1. The van der Waals surface area contributed by atoms with E-state index in [1.54, 1.807) is 6.92 Å². The van der Waals surface area contributed by atoms with Gasteiger partial charge >= 0.3 is 11.9 Å². The van der Waals surface area contributed by atoms with Crippen LogP contribution in [0.3, 0.4) is 0 Å². The number of hydrogen-bond acceptors (Lipinski definition) is 5. The van der Waals surface area contributed by atoms with Crippen LogP contribution in [0.2, 0.25) is 0 Å². The smallest absolute Gasteiger partial charge is 0.323 e. The maximum atomic E-state index is 12.6. The van der Waals surface area contributed by atoms with Gasteiger partial charge in [0.15, 0.2) is 0 Å². The Hall–Kier alpha value is -1.63. The fraction of sp³-hybridized carbons (Fsp3) is 0.824. The number of nitrogens with zero attached hydrogens (tertiary/aromatic N) is 1. The summed E-state index contributed by atoms with van der Waals surface area (Å²) in [5, 5.41) is 12.1. The van der Waals surface area contributed by atoms with Gasteiger partial charge in [0.2, 0.25) is 5.91 Å². The van der Waals surface area contributed by atoms with Gasteiger partial charge in [0.1, 0.15) is 12.6 Å². The Bertz CT molecular complexity index is 439. The summed E-state index contributed by atoms with van der Waals surface area (Å²) in [5.41, 5.74) is 0. The number of esters is 1. The molecule has 1 aliphatic heterocycles. The molecule has 1 fully saturated rings. The highest BCUT2D eigenvalue weighted by molar-refractivity contribution is 5.86. The second-order valence-corrected chi connectivity index (χ2v) is 6.64. The van der Waals surface area contributed by atoms with Crippen LogP contribution in [0.1, 0.15) is 52.9 Å². The number of ether oxygens (including phenoxy) is 1. The lowest BCUT2D eigenvalue weighted by molar-refractivity contribution is -0.148. The Balaban J connectivity index is 2.78. The van der Waals surface area contributed by atoms with E-state index in [-0.39, 0.29) is 18.4 Å². The van der Waals surface area contributed by atoms with Gasteiger partial charge < -0.3 is 14.7 Å². The van der Waals surface area contributed by atoms with Crippen LogP contribution in [-0.2, 0) is 19.1 Å². The standard InChI is InChI=1S/C17H30N2O5/c1-4-24-17(23)14(9-8-12(2)3)18-13-7-5-6-10-19(16(13)22)11-15(20)21/h12-14,18H,4-11H2,1-3H3,(H,20,21)/t13?,14-/m0/s1. The van der Waals surface area contributed by atoms with E-state index >= 15 is 0 Å². The van der Waals surface area contributed by atoms with Gasteiger partial charge in [-0.1, -0.05) is 13.8 Å². The molecule has 0 spiro atoms. The third-order valence-corrected chi connectivity index (χ3v) is 4.11. The third kappa shape index (κ3) is 6.86. The fourth-order valence-corrected chi connectivity index (χ4v) is 2.83. The number of carbonyl (C=O) groups excluding carboxylic acids is 2. The topological polar surface area (TPSA) is 95.9 Å². The zero-order valence-electron chi connectivity index (χ0n) is 14.9. The van der Waals surface area contributed by atoms with Gasteiger partial charge in [-0.15, -0.1) is 0 Å². The van der Waals surface area contributed by atoms with E-state index in [4.69, 9.17) is 9.84 Å². The summed E-state index contributed by atoms with van der Waals surface area (Å²) < 4.78 is 5.12. The minimum Gasteiger partial charge on any atom is -0.480 e. The van der Waals surface area contributed by atoms with Crippen molar-refractivity contribution in [3.8, 4) is 0 Å². The molecule has 0 aromatic rings. The first-order valence-corrected chi connectivity index (χ1v) is 8.78. The van der Waals surface area contributed by atoms with Crippen LogP contribution in [0.15, 0.2) is 0 Å². The maximum Gasteiger partial charge on any atom is 0.323 e. The second-order valence-electron chi connectivity index (χ2n) is 6.64. The van der Waals surface area contributed by atoms with E-state index < -0.39 is 18.1 Å². The van der Waals surface area contributed by atoms with Gasteiger partial charge in [-0.2, -0.15) is 0 Å². The van der Waals surface area contributed by atoms with Crippen LogP contribution in [0.25, 0.3) is 0 Å². The molecular formula is C17H30N2O5. The second kappa shape index (κ2) is 10.3. The Labute approximate surface area is 143 Å². The average molecular weight is 342 g/mol. The van der Waals surface area contributed by atoms with Gasteiger partial charge in [-0.25, -0.2) is 0 Å². The number of nitrogens with one attached hydrogen (secondary N) is 1. The van der Waals surface area contributed by atoms with Crippen molar-refractivity contribution in [1.82, 2.24) is 10.2 Å². The lowest BCUT2D eigenvalue weighted by Crippen LogP contribution is -2.52. The van der Waals surface area contributed by atoms with Crippen LogP contribution in [0, 0.1) is 5.92 Å². The van der Waals surface area contributed by atoms with Crippen molar-refractivity contribution >= 4 is 17.8 Å². The van der Waals surface area contributed by atoms with Crippen molar-refractivity contribution in [3.05, 3.63) is 0 Å². The highest BCUT2D eigenvalue weighted by Crippen LogP contribution is 2.15. The Morgan fingerprint density at radius 1 is 1.33 bits per heavy atom. The Morgan fingerprint density at radius 2 is 2.04 bits per heavy atom. The molecule has 7 heteroatoms. The number of carboxylic acids is 1. The van der Waals surface area contributed by atoms with E-state index in [0.717, 1.165) is 19.3 Å². The molecular weight excluding hydrogens is 312 g/mol. The van der Waals surface area contributed by atoms with Crippen molar-refractivity contribution in [3.63, 3.8) is 0 Å². The van der Waals surface area contributed by atoms with Crippen molar-refractivity contribution in [1.29, 1.82) is 0 Å². The summed E-state index contributed by atoms with van der Waals surface area (Å²) in [6.45, 7) is 6.35. The molecule has 24 heavy (non-hydrogen) atoms. The first-order chi connectivity index (χ1) is 11.3. The molecule has 2 N–H and O–H groups in total. The quantitative estimate of drug-likeness (QED) is 0.615. The molecule has 1 heterocycles. The summed E-state index contributed by atoms with van der Waals surface area (Å²) in [7, 11) is 0. The van der Waals surface area contributed by atoms with Gasteiger partial charge in [0.05, 0.1) is 12.6 Å². The SMILES string of the molecule is CCOC(=O)[C@H](CCC(C)C)NC1CCCCN(CC(=O)O)C1=O. The number of carbonyl (C=O) groups is 3. The predicted molar refractivity (Wildman–Crippen MR) is 89.5 cm³/mol. The minimum atomic E-state index is -1.02.